The second-order valence-corrected chi connectivity index (χ2v) is 12.5. The van der Waals surface area contributed by atoms with E-state index in [9.17, 15) is 21.6 Å². The van der Waals surface area contributed by atoms with Crippen molar-refractivity contribution in [3.63, 3.8) is 0 Å². The van der Waals surface area contributed by atoms with Crippen LogP contribution in [0.5, 0.6) is 0 Å². The monoisotopic (exact) mass is 623 g/mol. The van der Waals surface area contributed by atoms with Crippen LogP contribution < -0.4 is 10.6 Å². The van der Waals surface area contributed by atoms with E-state index >= 15 is 0 Å². The maximum absolute atomic E-state index is 13.0. The predicted octanol–water partition coefficient (Wildman–Crippen LogP) is 6.88. The van der Waals surface area contributed by atoms with Gasteiger partial charge in [-0.2, -0.15) is 22.5 Å². The second kappa shape index (κ2) is 11.6. The highest BCUT2D eigenvalue weighted by Gasteiger charge is 2.50. The van der Waals surface area contributed by atoms with Gasteiger partial charge in [0.2, 0.25) is 5.95 Å². The molecule has 0 amide bonds. The normalized spacial score (nSPS) is 15.4. The lowest BCUT2D eigenvalue weighted by atomic mass is 9.84. The van der Waals surface area contributed by atoms with Crippen LogP contribution in [-0.2, 0) is 10.0 Å². The third kappa shape index (κ3) is 6.23. The molecule has 41 heavy (non-hydrogen) atoms. The van der Waals surface area contributed by atoms with Crippen molar-refractivity contribution in [1.82, 2.24) is 14.3 Å². The molecule has 4 aromatic rings. The van der Waals surface area contributed by atoms with Crippen molar-refractivity contribution in [3.8, 4) is 0 Å². The first kappa shape index (κ1) is 29.4. The van der Waals surface area contributed by atoms with Crippen molar-refractivity contribution in [2.24, 2.45) is 0 Å². The number of hydrogen-bond donors (Lipinski definition) is 2. The van der Waals surface area contributed by atoms with Crippen molar-refractivity contribution in [3.05, 3.63) is 93.5 Å². The third-order valence-electron chi connectivity index (χ3n) is 7.11. The van der Waals surface area contributed by atoms with E-state index in [0.29, 0.717) is 31.6 Å². The second-order valence-electron chi connectivity index (χ2n) is 9.73. The molecule has 0 radical (unpaired) electrons. The quantitative estimate of drug-likeness (QED) is 0.218. The highest BCUT2D eigenvalue weighted by atomic mass is 35.5. The summed E-state index contributed by atoms with van der Waals surface area (Å²) >= 11 is 12.3. The Morgan fingerprint density at radius 2 is 1.41 bits per heavy atom. The molecule has 1 aliphatic rings. The Bertz CT molecular complexity index is 1600. The summed E-state index contributed by atoms with van der Waals surface area (Å²) in [5.74, 6) is 0.711. The number of halogens is 5. The van der Waals surface area contributed by atoms with E-state index in [-0.39, 0.29) is 37.9 Å². The molecule has 0 spiro atoms. The zero-order valence-corrected chi connectivity index (χ0v) is 24.1. The summed E-state index contributed by atoms with van der Waals surface area (Å²) in [6.07, 6.45) is 0.376. The summed E-state index contributed by atoms with van der Waals surface area (Å²) in [6.45, 7) is -0.496. The smallest absolute Gasteiger partial charge is 0.367 e. The average Bonchev–Trinajstić information content (AvgIpc) is 2.95. The first-order chi connectivity index (χ1) is 19.5. The van der Waals surface area contributed by atoms with Gasteiger partial charge in [0.25, 0.3) is 0 Å². The highest BCUT2D eigenvalue weighted by Crippen LogP contribution is 2.36. The number of aromatic nitrogens is 2. The number of sulfonamides is 1. The molecule has 1 aromatic heterocycles. The van der Waals surface area contributed by atoms with Crippen molar-refractivity contribution >= 4 is 55.9 Å². The minimum Gasteiger partial charge on any atom is -0.367 e. The SMILES string of the molecule is CNc1nc(NC2CCN(S(=O)(=O)C(F)(F)F)CC2)c2cc(C(c3ccc(Cl)cc3)c3ccc(Cl)cc3)ccc2n1. The van der Waals surface area contributed by atoms with Crippen LogP contribution in [0.25, 0.3) is 10.9 Å². The molecule has 3 aromatic carbocycles. The van der Waals surface area contributed by atoms with Crippen LogP contribution in [0.2, 0.25) is 10.0 Å². The third-order valence-corrected chi connectivity index (χ3v) is 9.24. The van der Waals surface area contributed by atoms with Gasteiger partial charge in [-0.25, -0.2) is 13.4 Å². The van der Waals surface area contributed by atoms with Gasteiger partial charge >= 0.3 is 15.5 Å². The number of fused-ring (bicyclic) bond motifs is 1. The van der Waals surface area contributed by atoms with E-state index in [2.05, 4.69) is 20.6 Å². The molecule has 2 heterocycles. The summed E-state index contributed by atoms with van der Waals surface area (Å²) in [5, 5.41) is 8.25. The number of nitrogens with one attached hydrogen (secondary N) is 2. The molecule has 0 bridgehead atoms. The lowest BCUT2D eigenvalue weighted by molar-refractivity contribution is -0.0494. The van der Waals surface area contributed by atoms with Crippen molar-refractivity contribution < 1.29 is 21.6 Å². The molecule has 1 aliphatic heterocycles. The van der Waals surface area contributed by atoms with Crippen LogP contribution in [0.1, 0.15) is 35.4 Å². The summed E-state index contributed by atoms with van der Waals surface area (Å²) in [7, 11) is -3.67. The molecule has 0 atom stereocenters. The Morgan fingerprint density at radius 1 is 0.878 bits per heavy atom. The van der Waals surface area contributed by atoms with E-state index in [1.165, 1.54) is 0 Å². The lowest BCUT2D eigenvalue weighted by Gasteiger charge is -2.32. The molecule has 216 valence electrons. The van der Waals surface area contributed by atoms with Gasteiger partial charge in [-0.15, -0.1) is 0 Å². The van der Waals surface area contributed by atoms with Gasteiger partial charge in [-0.3, -0.25) is 0 Å². The highest BCUT2D eigenvalue weighted by molar-refractivity contribution is 7.90. The molecule has 13 heteroatoms. The number of benzene rings is 3. The van der Waals surface area contributed by atoms with Crippen LogP contribution >= 0.6 is 23.2 Å². The summed E-state index contributed by atoms with van der Waals surface area (Å²) in [6, 6.07) is 20.8. The lowest BCUT2D eigenvalue weighted by Crippen LogP contribution is -2.47. The number of alkyl halides is 3. The Kier molecular flexibility index (Phi) is 8.34. The van der Waals surface area contributed by atoms with Crippen LogP contribution in [0.3, 0.4) is 0 Å². The van der Waals surface area contributed by atoms with E-state index in [1.54, 1.807) is 7.05 Å². The maximum Gasteiger partial charge on any atom is 0.511 e. The Balaban J connectivity index is 1.50. The summed E-state index contributed by atoms with van der Waals surface area (Å²) in [5.41, 5.74) is -1.68. The first-order valence-electron chi connectivity index (χ1n) is 12.8. The molecule has 1 saturated heterocycles. The fourth-order valence-electron chi connectivity index (χ4n) is 5.02. The summed E-state index contributed by atoms with van der Waals surface area (Å²) < 4.78 is 63.2. The van der Waals surface area contributed by atoms with Crippen molar-refractivity contribution in [1.29, 1.82) is 0 Å². The zero-order valence-electron chi connectivity index (χ0n) is 21.8. The molecule has 0 unspecified atom stereocenters. The number of anilines is 2. The number of piperidine rings is 1. The Morgan fingerprint density at radius 3 is 1.93 bits per heavy atom. The molecule has 2 N–H and O–H groups in total. The van der Waals surface area contributed by atoms with E-state index in [1.807, 2.05) is 66.7 Å². The van der Waals surface area contributed by atoms with E-state index < -0.39 is 15.5 Å². The van der Waals surface area contributed by atoms with Crippen molar-refractivity contribution in [2.75, 3.05) is 30.8 Å². The van der Waals surface area contributed by atoms with Crippen LogP contribution in [0.15, 0.2) is 66.7 Å². The predicted molar refractivity (Wildman–Crippen MR) is 156 cm³/mol. The van der Waals surface area contributed by atoms with Crippen LogP contribution in [0, 0.1) is 0 Å². The topological polar surface area (TPSA) is 87.2 Å². The molecule has 0 aliphatic carbocycles. The van der Waals surface area contributed by atoms with Gasteiger partial charge in [0.15, 0.2) is 0 Å². The molecule has 0 saturated carbocycles. The number of hydrogen-bond acceptors (Lipinski definition) is 6. The summed E-state index contributed by atoms with van der Waals surface area (Å²) in [4.78, 5) is 9.19. The molecule has 5 rings (SSSR count). The molecular weight excluding hydrogens is 598 g/mol. The van der Waals surface area contributed by atoms with E-state index in [4.69, 9.17) is 23.2 Å². The number of nitrogens with zero attached hydrogens (tertiary/aromatic N) is 3. The number of rotatable bonds is 7. The van der Waals surface area contributed by atoms with Crippen molar-refractivity contribution in [2.45, 2.75) is 30.3 Å². The van der Waals surface area contributed by atoms with Crippen LogP contribution in [0.4, 0.5) is 24.9 Å². The fraction of sp³-hybridized carbons (Fsp3) is 0.286. The molecule has 7 nitrogen and oxygen atoms in total. The maximum atomic E-state index is 13.0. The average molecular weight is 625 g/mol. The van der Waals surface area contributed by atoms with Crippen LogP contribution in [-0.4, -0.2) is 54.4 Å². The first-order valence-corrected chi connectivity index (χ1v) is 15.0. The molecule has 1 fully saturated rings. The largest absolute Gasteiger partial charge is 0.511 e. The van der Waals surface area contributed by atoms with Gasteiger partial charge in [0.1, 0.15) is 5.82 Å². The van der Waals surface area contributed by atoms with Gasteiger partial charge in [0.05, 0.1) is 5.52 Å². The Hall–Kier alpha value is -3.12. The van der Waals surface area contributed by atoms with E-state index in [0.717, 1.165) is 22.1 Å². The molecular formula is C28H26Cl2F3N5O2S. The Labute approximate surface area is 245 Å². The minimum atomic E-state index is -5.36. The minimum absolute atomic E-state index is 0.165. The van der Waals surface area contributed by atoms with Gasteiger partial charge in [-0.05, 0) is 65.9 Å². The van der Waals surface area contributed by atoms with Gasteiger partial charge in [-0.1, -0.05) is 53.5 Å². The fourth-order valence-corrected chi connectivity index (χ4v) is 6.25. The zero-order chi connectivity index (χ0) is 29.4. The standard InChI is InChI=1S/C28H26Cl2F3N5O2S/c1-34-27-36-24-11-6-19(25(17-2-7-20(29)8-3-17)18-4-9-21(30)10-5-18)16-23(24)26(37-27)35-22-12-14-38(15-13-22)41(39,40)28(31,32)33/h2-11,16,22,25H,12-15H2,1H3,(H2,34,35,36,37). The van der Waals surface area contributed by atoms with Gasteiger partial charge < -0.3 is 10.6 Å². The van der Waals surface area contributed by atoms with Gasteiger partial charge in [0, 0.05) is 47.5 Å².